The second-order valence-corrected chi connectivity index (χ2v) is 9.26. The Morgan fingerprint density at radius 3 is 2.06 bits per heavy atom. The zero-order valence-corrected chi connectivity index (χ0v) is 20.1. The smallest absolute Gasteiger partial charge is 0.326 e. The van der Waals surface area contributed by atoms with E-state index in [0.717, 1.165) is 28.1 Å². The van der Waals surface area contributed by atoms with Crippen LogP contribution in [-0.4, -0.2) is 33.0 Å². The normalized spacial score (nSPS) is 13.5. The number of rotatable bonds is 6. The number of carboxylic acids is 1. The highest BCUT2D eigenvalue weighted by Crippen LogP contribution is 2.31. The summed E-state index contributed by atoms with van der Waals surface area (Å²) in [6.07, 6.45) is 0. The number of carboxylic acid groups (broad SMARTS) is 1. The van der Waals surface area contributed by atoms with E-state index >= 15 is 0 Å². The van der Waals surface area contributed by atoms with E-state index < -0.39 is 12.0 Å². The van der Waals surface area contributed by atoms with Gasteiger partial charge in [0.15, 0.2) is 5.11 Å². The van der Waals surface area contributed by atoms with Crippen LogP contribution in [0.4, 0.5) is 11.4 Å². The van der Waals surface area contributed by atoms with Crippen molar-refractivity contribution in [1.29, 1.82) is 0 Å². The summed E-state index contributed by atoms with van der Waals surface area (Å²) < 4.78 is 0. The van der Waals surface area contributed by atoms with Crippen molar-refractivity contribution in [2.75, 3.05) is 10.6 Å². The molecule has 7 heteroatoms. The Morgan fingerprint density at radius 2 is 1.50 bits per heavy atom. The van der Waals surface area contributed by atoms with Crippen LogP contribution in [0.25, 0.3) is 11.1 Å². The molecule has 0 aliphatic carbocycles. The van der Waals surface area contributed by atoms with Gasteiger partial charge in [-0.25, -0.2) is 4.79 Å². The predicted molar refractivity (Wildman–Crippen MR) is 139 cm³/mol. The van der Waals surface area contributed by atoms with Gasteiger partial charge in [-0.05, 0) is 78.1 Å². The van der Waals surface area contributed by atoms with E-state index in [9.17, 15) is 14.7 Å². The second-order valence-electron chi connectivity index (χ2n) is 8.85. The third-order valence-corrected chi connectivity index (χ3v) is 6.15. The van der Waals surface area contributed by atoms with Gasteiger partial charge >= 0.3 is 5.97 Å². The van der Waals surface area contributed by atoms with Crippen molar-refractivity contribution in [3.05, 3.63) is 83.4 Å². The van der Waals surface area contributed by atoms with Crippen molar-refractivity contribution in [3.63, 3.8) is 0 Å². The highest BCUT2D eigenvalue weighted by molar-refractivity contribution is 7.80. The molecule has 1 atom stereocenters. The van der Waals surface area contributed by atoms with Crippen LogP contribution in [0.5, 0.6) is 0 Å². The molecule has 0 fully saturated rings. The molecule has 174 valence electrons. The summed E-state index contributed by atoms with van der Waals surface area (Å²) in [5, 5.41) is 16.5. The molecule has 0 saturated heterocycles. The average molecular weight is 474 g/mol. The Balaban J connectivity index is 1.46. The Hall–Kier alpha value is -3.71. The standard InChI is InChI=1S/C27H27N3O3S/c1-16(2)24(26(32)33)30-15-20-14-19(8-13-23(20)25(30)31)18-6-11-22(12-7-18)29-27(34)28-21-9-4-17(3)5-10-21/h4-14,16,24H,15H2,1-3H3,(H,32,33)(H2,28,29,34). The summed E-state index contributed by atoms with van der Waals surface area (Å²) in [6, 6.07) is 20.7. The van der Waals surface area contributed by atoms with E-state index in [-0.39, 0.29) is 11.8 Å². The molecule has 1 aliphatic heterocycles. The number of hydrogen-bond donors (Lipinski definition) is 3. The number of anilines is 2. The molecule has 6 nitrogen and oxygen atoms in total. The van der Waals surface area contributed by atoms with Crippen LogP contribution in [0.15, 0.2) is 66.7 Å². The number of nitrogens with zero attached hydrogens (tertiary/aromatic N) is 1. The van der Waals surface area contributed by atoms with Gasteiger partial charge in [0.2, 0.25) is 0 Å². The summed E-state index contributed by atoms with van der Waals surface area (Å²) in [4.78, 5) is 26.0. The monoisotopic (exact) mass is 473 g/mol. The van der Waals surface area contributed by atoms with Gasteiger partial charge in [0, 0.05) is 23.5 Å². The Bertz CT molecular complexity index is 1240. The Labute approximate surface area is 204 Å². The van der Waals surface area contributed by atoms with E-state index in [2.05, 4.69) is 10.6 Å². The van der Waals surface area contributed by atoms with E-state index in [4.69, 9.17) is 12.2 Å². The highest BCUT2D eigenvalue weighted by atomic mass is 32.1. The van der Waals surface area contributed by atoms with Gasteiger partial charge < -0.3 is 20.6 Å². The molecular formula is C27H27N3O3S. The van der Waals surface area contributed by atoms with Crippen LogP contribution >= 0.6 is 12.2 Å². The number of aryl methyl sites for hydroxylation is 1. The van der Waals surface area contributed by atoms with Crippen molar-refractivity contribution in [1.82, 2.24) is 4.90 Å². The quantitative estimate of drug-likeness (QED) is 0.408. The SMILES string of the molecule is Cc1ccc(NC(=S)Nc2ccc(-c3ccc4c(c3)CN(C(C(=O)O)C(C)C)C4=O)cc2)cc1. The number of nitrogens with one attached hydrogen (secondary N) is 2. The number of fused-ring (bicyclic) bond motifs is 1. The average Bonchev–Trinajstić information content (AvgIpc) is 3.10. The number of benzene rings is 3. The van der Waals surface area contributed by atoms with E-state index in [1.165, 1.54) is 10.5 Å². The van der Waals surface area contributed by atoms with Crippen molar-refractivity contribution in [2.45, 2.75) is 33.4 Å². The number of hydrogen-bond acceptors (Lipinski definition) is 3. The maximum absolute atomic E-state index is 12.8. The molecule has 3 aromatic carbocycles. The zero-order valence-electron chi connectivity index (χ0n) is 19.3. The molecule has 0 saturated carbocycles. The van der Waals surface area contributed by atoms with E-state index in [1.54, 1.807) is 6.07 Å². The molecular weight excluding hydrogens is 446 g/mol. The largest absolute Gasteiger partial charge is 0.480 e. The summed E-state index contributed by atoms with van der Waals surface area (Å²) in [5.41, 5.74) is 6.35. The van der Waals surface area contributed by atoms with Crippen LogP contribution in [0.3, 0.4) is 0 Å². The third-order valence-electron chi connectivity index (χ3n) is 5.94. The maximum Gasteiger partial charge on any atom is 0.326 e. The second kappa shape index (κ2) is 9.65. The van der Waals surface area contributed by atoms with Crippen molar-refractivity contribution < 1.29 is 14.7 Å². The summed E-state index contributed by atoms with van der Waals surface area (Å²) in [5.74, 6) is -1.38. The van der Waals surface area contributed by atoms with Gasteiger partial charge in [-0.15, -0.1) is 0 Å². The van der Waals surface area contributed by atoms with Crippen molar-refractivity contribution >= 4 is 40.6 Å². The number of aliphatic carboxylic acids is 1. The predicted octanol–water partition coefficient (Wildman–Crippen LogP) is 5.54. The zero-order chi connectivity index (χ0) is 24.4. The summed E-state index contributed by atoms with van der Waals surface area (Å²) in [6.45, 7) is 5.97. The molecule has 0 spiro atoms. The molecule has 1 aliphatic rings. The van der Waals surface area contributed by atoms with Crippen LogP contribution in [0, 0.1) is 12.8 Å². The minimum atomic E-state index is -0.978. The lowest BCUT2D eigenvalue weighted by molar-refractivity contribution is -0.144. The minimum Gasteiger partial charge on any atom is -0.480 e. The molecule has 0 aromatic heterocycles. The molecule has 0 bridgehead atoms. The van der Waals surface area contributed by atoms with E-state index in [1.807, 2.05) is 81.4 Å². The van der Waals surface area contributed by atoms with Gasteiger partial charge in [-0.1, -0.05) is 49.7 Å². The highest BCUT2D eigenvalue weighted by Gasteiger charge is 2.38. The van der Waals surface area contributed by atoms with Crippen molar-refractivity contribution in [3.8, 4) is 11.1 Å². The molecule has 34 heavy (non-hydrogen) atoms. The van der Waals surface area contributed by atoms with Gasteiger partial charge in [-0.2, -0.15) is 0 Å². The fourth-order valence-corrected chi connectivity index (χ4v) is 4.44. The van der Waals surface area contributed by atoms with Crippen LogP contribution in [0.2, 0.25) is 0 Å². The van der Waals surface area contributed by atoms with Gasteiger partial charge in [0.25, 0.3) is 5.91 Å². The first kappa shape index (κ1) is 23.4. The minimum absolute atomic E-state index is 0.179. The molecule has 3 N–H and O–H groups in total. The summed E-state index contributed by atoms with van der Waals surface area (Å²) in [7, 11) is 0. The molecule has 1 unspecified atom stereocenters. The van der Waals surface area contributed by atoms with Gasteiger partial charge in [-0.3, -0.25) is 4.79 Å². The lowest BCUT2D eigenvalue weighted by Gasteiger charge is -2.27. The molecule has 4 rings (SSSR count). The maximum atomic E-state index is 12.8. The first-order chi connectivity index (χ1) is 16.2. The van der Waals surface area contributed by atoms with Crippen LogP contribution < -0.4 is 10.6 Å². The van der Waals surface area contributed by atoms with Gasteiger partial charge in [0.05, 0.1) is 0 Å². The topological polar surface area (TPSA) is 81.7 Å². The number of amides is 1. The van der Waals surface area contributed by atoms with Crippen molar-refractivity contribution in [2.24, 2.45) is 5.92 Å². The number of carbonyl (C=O) groups excluding carboxylic acids is 1. The number of carbonyl (C=O) groups is 2. The lowest BCUT2D eigenvalue weighted by Crippen LogP contribution is -2.44. The third kappa shape index (κ3) is 4.94. The lowest BCUT2D eigenvalue weighted by atomic mass is 10.0. The fraction of sp³-hybridized carbons (Fsp3) is 0.222. The first-order valence-electron chi connectivity index (χ1n) is 11.1. The molecule has 1 amide bonds. The van der Waals surface area contributed by atoms with E-state index in [0.29, 0.717) is 17.2 Å². The molecule has 3 aromatic rings. The summed E-state index contributed by atoms with van der Waals surface area (Å²) >= 11 is 5.41. The Morgan fingerprint density at radius 1 is 0.941 bits per heavy atom. The van der Waals surface area contributed by atoms with Crippen LogP contribution in [0.1, 0.15) is 35.3 Å². The van der Waals surface area contributed by atoms with Crippen LogP contribution in [-0.2, 0) is 11.3 Å². The Kier molecular flexibility index (Phi) is 6.65. The number of thiocarbonyl (C=S) groups is 1. The molecule has 1 heterocycles. The first-order valence-corrected chi connectivity index (χ1v) is 11.6. The fourth-order valence-electron chi connectivity index (χ4n) is 4.20. The molecule has 0 radical (unpaired) electrons. The van der Waals surface area contributed by atoms with Gasteiger partial charge in [0.1, 0.15) is 6.04 Å².